The van der Waals surface area contributed by atoms with Crippen LogP contribution in [0.15, 0.2) is 16.5 Å². The maximum Gasteiger partial charge on any atom is 0.310 e. The molecule has 0 N–H and O–H groups in total. The Hall–Kier alpha value is -1.89. The van der Waals surface area contributed by atoms with E-state index in [1.807, 2.05) is 34.6 Å². The maximum atomic E-state index is 12.2. The van der Waals surface area contributed by atoms with Crippen LogP contribution in [0.4, 0.5) is 0 Å². The lowest BCUT2D eigenvalue weighted by atomic mass is 10.0. The van der Waals surface area contributed by atoms with Gasteiger partial charge in [0.2, 0.25) is 0 Å². The number of carbonyl (C=O) groups excluding carboxylic acids is 1. The van der Waals surface area contributed by atoms with E-state index in [9.17, 15) is 9.00 Å². The number of benzene rings is 1. The van der Waals surface area contributed by atoms with E-state index in [4.69, 9.17) is 14.2 Å². The standard InChI is InChI=1S/C19H29NO5S/c1-8-24-18(21)11-14-9-16(23-7)17(25-13(2)3)10-15(14)12-20-26(22)19(4,5)6/h9-10,12-13H,8,11H2,1-7H3/t26-/m1/s1. The van der Waals surface area contributed by atoms with Crippen molar-refractivity contribution in [3.8, 4) is 11.5 Å². The van der Waals surface area contributed by atoms with Gasteiger partial charge in [0.15, 0.2) is 11.5 Å². The van der Waals surface area contributed by atoms with Crippen molar-refractivity contribution >= 4 is 23.2 Å². The summed E-state index contributed by atoms with van der Waals surface area (Å²) in [7, 11) is 0.135. The molecule has 0 amide bonds. The van der Waals surface area contributed by atoms with E-state index in [1.54, 1.807) is 26.2 Å². The maximum absolute atomic E-state index is 12.2. The first-order chi connectivity index (χ1) is 12.1. The zero-order valence-corrected chi connectivity index (χ0v) is 17.4. The average molecular weight is 384 g/mol. The fourth-order valence-electron chi connectivity index (χ4n) is 2.03. The topological polar surface area (TPSA) is 74.2 Å². The number of hydrogen-bond acceptors (Lipinski definition) is 5. The summed E-state index contributed by atoms with van der Waals surface area (Å²) in [5.74, 6) is 0.712. The van der Waals surface area contributed by atoms with Crippen LogP contribution in [-0.4, -0.2) is 41.0 Å². The normalized spacial score (nSPS) is 13.1. The molecule has 0 saturated carbocycles. The van der Waals surface area contributed by atoms with Gasteiger partial charge in [-0.05, 0) is 59.2 Å². The number of nitrogens with zero attached hydrogens (tertiary/aromatic N) is 1. The van der Waals surface area contributed by atoms with Crippen molar-refractivity contribution in [3.05, 3.63) is 23.3 Å². The van der Waals surface area contributed by atoms with Crippen molar-refractivity contribution in [1.29, 1.82) is 0 Å². The highest BCUT2D eigenvalue weighted by molar-refractivity contribution is 7.85. The highest BCUT2D eigenvalue weighted by Gasteiger charge is 2.19. The van der Waals surface area contributed by atoms with Gasteiger partial charge in [0.25, 0.3) is 0 Å². The van der Waals surface area contributed by atoms with Crippen molar-refractivity contribution in [2.45, 2.75) is 58.8 Å². The molecular weight excluding hydrogens is 354 g/mol. The first-order valence-electron chi connectivity index (χ1n) is 8.57. The number of carbonyl (C=O) groups is 1. The minimum absolute atomic E-state index is 0.0479. The Bertz CT molecular complexity index is 677. The van der Waals surface area contributed by atoms with Gasteiger partial charge < -0.3 is 14.2 Å². The molecule has 0 aliphatic carbocycles. The zero-order chi connectivity index (χ0) is 19.9. The zero-order valence-electron chi connectivity index (χ0n) is 16.6. The Balaban J connectivity index is 3.33. The molecule has 6 nitrogen and oxygen atoms in total. The molecule has 0 aromatic heterocycles. The van der Waals surface area contributed by atoms with Crippen molar-refractivity contribution in [3.63, 3.8) is 0 Å². The molecule has 7 heteroatoms. The van der Waals surface area contributed by atoms with Crippen LogP contribution in [0.25, 0.3) is 0 Å². The fraction of sp³-hybridized carbons (Fsp3) is 0.579. The molecule has 146 valence electrons. The van der Waals surface area contributed by atoms with E-state index in [-0.39, 0.29) is 18.5 Å². The molecular formula is C19H29NO5S. The SMILES string of the molecule is CCOC(=O)Cc1cc(OC)c(OC(C)C)cc1C=N[S@](=O)C(C)(C)C. The van der Waals surface area contributed by atoms with Gasteiger partial charge in [-0.2, -0.15) is 4.40 Å². The van der Waals surface area contributed by atoms with Gasteiger partial charge in [0.1, 0.15) is 11.0 Å². The second-order valence-corrected chi connectivity index (χ2v) is 8.88. The smallest absolute Gasteiger partial charge is 0.310 e. The molecule has 0 spiro atoms. The van der Waals surface area contributed by atoms with E-state index < -0.39 is 15.7 Å². The van der Waals surface area contributed by atoms with Crippen LogP contribution in [0.5, 0.6) is 11.5 Å². The molecule has 0 unspecified atom stereocenters. The van der Waals surface area contributed by atoms with Gasteiger partial charge in [-0.15, -0.1) is 0 Å². The van der Waals surface area contributed by atoms with Gasteiger partial charge in [0, 0.05) is 11.8 Å². The Morgan fingerprint density at radius 3 is 2.42 bits per heavy atom. The number of esters is 1. The molecule has 0 heterocycles. The Kier molecular flexibility index (Phi) is 8.27. The summed E-state index contributed by atoms with van der Waals surface area (Å²) in [6, 6.07) is 3.48. The van der Waals surface area contributed by atoms with Crippen LogP contribution >= 0.6 is 0 Å². The quantitative estimate of drug-likeness (QED) is 0.508. The second kappa shape index (κ2) is 9.71. The highest BCUT2D eigenvalue weighted by Crippen LogP contribution is 2.31. The summed E-state index contributed by atoms with van der Waals surface area (Å²) in [6.07, 6.45) is 1.53. The lowest BCUT2D eigenvalue weighted by Gasteiger charge is -2.17. The third kappa shape index (κ3) is 6.78. The van der Waals surface area contributed by atoms with Crippen LogP contribution in [0.1, 0.15) is 52.7 Å². The first kappa shape index (κ1) is 22.2. The Labute approximate surface area is 158 Å². The second-order valence-electron chi connectivity index (χ2n) is 6.95. The molecule has 0 aliphatic rings. The van der Waals surface area contributed by atoms with E-state index in [2.05, 4.69) is 4.40 Å². The van der Waals surface area contributed by atoms with Gasteiger partial charge in [0.05, 0.1) is 31.0 Å². The van der Waals surface area contributed by atoms with Crippen molar-refractivity contribution < 1.29 is 23.2 Å². The minimum atomic E-state index is -1.41. The first-order valence-corrected chi connectivity index (χ1v) is 9.68. The molecule has 0 saturated heterocycles. The third-order valence-electron chi connectivity index (χ3n) is 3.24. The highest BCUT2D eigenvalue weighted by atomic mass is 32.2. The monoisotopic (exact) mass is 383 g/mol. The third-order valence-corrected chi connectivity index (χ3v) is 4.58. The summed E-state index contributed by atoms with van der Waals surface area (Å²) in [5, 5.41) is 0. The molecule has 1 rings (SSSR count). The predicted octanol–water partition coefficient (Wildman–Crippen LogP) is 3.47. The van der Waals surface area contributed by atoms with Gasteiger partial charge in [-0.25, -0.2) is 4.21 Å². The van der Waals surface area contributed by atoms with Crippen LogP contribution in [0, 0.1) is 0 Å². The van der Waals surface area contributed by atoms with Crippen LogP contribution in [-0.2, 0) is 26.9 Å². The van der Waals surface area contributed by atoms with Gasteiger partial charge in [-0.3, -0.25) is 4.79 Å². The van der Waals surface area contributed by atoms with Gasteiger partial charge >= 0.3 is 5.97 Å². The van der Waals surface area contributed by atoms with E-state index in [0.29, 0.717) is 29.2 Å². The predicted molar refractivity (Wildman–Crippen MR) is 105 cm³/mol. The number of ether oxygens (including phenoxy) is 3. The molecule has 1 aromatic rings. The Morgan fingerprint density at radius 1 is 1.27 bits per heavy atom. The van der Waals surface area contributed by atoms with Gasteiger partial charge in [-0.1, -0.05) is 0 Å². The van der Waals surface area contributed by atoms with Crippen LogP contribution in [0.3, 0.4) is 0 Å². The molecule has 0 radical (unpaired) electrons. The average Bonchev–Trinajstić information content (AvgIpc) is 2.52. The molecule has 0 aliphatic heterocycles. The summed E-state index contributed by atoms with van der Waals surface area (Å²) in [4.78, 5) is 11.9. The summed E-state index contributed by atoms with van der Waals surface area (Å²) in [5.41, 5.74) is 1.32. The number of hydrogen-bond donors (Lipinski definition) is 0. The Morgan fingerprint density at radius 2 is 1.92 bits per heavy atom. The summed E-state index contributed by atoms with van der Waals surface area (Å²) >= 11 is 0. The lowest BCUT2D eigenvalue weighted by Crippen LogP contribution is -2.19. The van der Waals surface area contributed by atoms with Crippen molar-refractivity contribution in [1.82, 2.24) is 0 Å². The molecule has 1 atom stereocenters. The van der Waals surface area contributed by atoms with E-state index in [0.717, 1.165) is 0 Å². The molecule has 1 aromatic carbocycles. The molecule has 26 heavy (non-hydrogen) atoms. The van der Waals surface area contributed by atoms with Crippen molar-refractivity contribution in [2.75, 3.05) is 13.7 Å². The lowest BCUT2D eigenvalue weighted by molar-refractivity contribution is -0.142. The van der Waals surface area contributed by atoms with E-state index in [1.165, 1.54) is 6.21 Å². The molecule has 0 bridgehead atoms. The van der Waals surface area contributed by atoms with Crippen molar-refractivity contribution in [2.24, 2.45) is 4.40 Å². The fourth-order valence-corrected chi connectivity index (χ4v) is 2.55. The number of rotatable bonds is 8. The minimum Gasteiger partial charge on any atom is -0.493 e. The number of methoxy groups -OCH3 is 1. The summed E-state index contributed by atoms with van der Waals surface area (Å²) < 4.78 is 32.1. The van der Waals surface area contributed by atoms with E-state index >= 15 is 0 Å². The summed E-state index contributed by atoms with van der Waals surface area (Å²) in [6.45, 7) is 11.4. The van der Waals surface area contributed by atoms with Crippen LogP contribution < -0.4 is 9.47 Å². The largest absolute Gasteiger partial charge is 0.493 e. The molecule has 0 fully saturated rings. The van der Waals surface area contributed by atoms with Crippen LogP contribution in [0.2, 0.25) is 0 Å².